The van der Waals surface area contributed by atoms with Crippen LogP contribution in [0.3, 0.4) is 0 Å². The minimum absolute atomic E-state index is 0.0395. The summed E-state index contributed by atoms with van der Waals surface area (Å²) < 4.78 is 288. The first-order chi connectivity index (χ1) is 30.1. The number of hydrogen-bond acceptors (Lipinski definition) is 0. The summed E-state index contributed by atoms with van der Waals surface area (Å²) >= 11 is 0. The fourth-order valence-corrected chi connectivity index (χ4v) is 10.8. The second kappa shape index (κ2) is 11.1. The van der Waals surface area contributed by atoms with E-state index in [1.807, 2.05) is 0 Å². The van der Waals surface area contributed by atoms with Crippen LogP contribution in [-0.4, -0.2) is 17.8 Å². The van der Waals surface area contributed by atoms with E-state index in [4.69, 9.17) is 0 Å². The predicted octanol–water partition coefficient (Wildman–Crippen LogP) is 16.4. The molecule has 65 heavy (non-hydrogen) atoms. The average Bonchev–Trinajstić information content (AvgIpc) is 3.50. The molecule has 330 valence electrons. The van der Waals surface area contributed by atoms with Crippen molar-refractivity contribution in [3.05, 3.63) is 130 Å². The molecular weight excluding hydrogens is 906 g/mol. The predicted molar refractivity (Wildman–Crippen MR) is 205 cm³/mol. The minimum Gasteiger partial charge on any atom is -0.194 e. The maximum absolute atomic E-state index is 16.4. The van der Waals surface area contributed by atoms with Crippen molar-refractivity contribution >= 4 is 86.2 Å². The van der Waals surface area contributed by atoms with Crippen molar-refractivity contribution in [1.29, 1.82) is 0 Å². The molecule has 0 saturated carbocycles. The lowest BCUT2D eigenvalue weighted by Crippen LogP contribution is -2.43. The number of halogens is 18. The van der Waals surface area contributed by atoms with E-state index < -0.39 is 151 Å². The molecular formula is C47H16F18. The molecule has 0 N–H and O–H groups in total. The molecule has 18 heteroatoms. The van der Waals surface area contributed by atoms with Crippen LogP contribution in [0.25, 0.3) is 86.2 Å². The normalized spacial score (nSPS) is 22.2. The average molecular weight is 923 g/mol. The standard InChI is InChI=1S/C47H16F18/c48-39(49)33-21-11-9-17-5-1-3-7-19(17)29(21)25-15-28-26(16-27(25)37(33)43(56,57)46(39,62)63)31-23(35-38(28)44(58,59)47(64,65)41(35,52)53)13-14-24-32(31)30-20-8-4-2-6-18(20)10-12-22(30)34-36(24)42(54,55)45(60,61)40(34,50)51/h1-16H. The van der Waals surface area contributed by atoms with Crippen molar-refractivity contribution in [2.75, 3.05) is 0 Å². The van der Waals surface area contributed by atoms with Gasteiger partial charge in [-0.3, -0.25) is 0 Å². The summed E-state index contributed by atoms with van der Waals surface area (Å²) in [6, 6.07) is 15.1. The molecule has 0 spiro atoms. The van der Waals surface area contributed by atoms with Gasteiger partial charge in [0.2, 0.25) is 0 Å². The van der Waals surface area contributed by atoms with Crippen LogP contribution in [0.2, 0.25) is 0 Å². The smallest absolute Gasteiger partial charge is 0.194 e. The Morgan fingerprint density at radius 2 is 0.477 bits per heavy atom. The van der Waals surface area contributed by atoms with Crippen LogP contribution >= 0.6 is 0 Å². The SMILES string of the molecule is FC1(F)c2c(c3ccc4ccccc4c3c3cc4c5c(c6ccc7c8c(c9ccc%10ccccc%10c9c7c6c4cc23)C(F)(F)C(F)(F)C8(F)F)C(F)(F)C(F)(F)C5(F)F)C(F)(F)C1(F)F. The molecule has 9 aromatic carbocycles. The Kier molecular flexibility index (Phi) is 6.87. The number of hydrogen-bond donors (Lipinski definition) is 0. The lowest BCUT2D eigenvalue weighted by molar-refractivity contribution is -0.302. The highest BCUT2D eigenvalue weighted by molar-refractivity contribution is 6.36. The molecule has 3 aliphatic rings. The molecule has 0 saturated heterocycles. The van der Waals surface area contributed by atoms with Gasteiger partial charge in [-0.25, -0.2) is 0 Å². The fraction of sp³-hybridized carbons (Fsp3) is 0.191. The van der Waals surface area contributed by atoms with Gasteiger partial charge in [-0.15, -0.1) is 0 Å². The first-order valence-electron chi connectivity index (χ1n) is 19.2. The van der Waals surface area contributed by atoms with Gasteiger partial charge in [-0.05, 0) is 98.3 Å². The molecule has 3 aliphatic carbocycles. The van der Waals surface area contributed by atoms with Gasteiger partial charge >= 0.3 is 53.3 Å². The fourth-order valence-electron chi connectivity index (χ4n) is 10.8. The van der Waals surface area contributed by atoms with E-state index in [0.717, 1.165) is 24.3 Å². The van der Waals surface area contributed by atoms with Gasteiger partial charge in [0.25, 0.3) is 0 Å². The summed E-state index contributed by atoms with van der Waals surface area (Å²) in [7, 11) is 0. The summed E-state index contributed by atoms with van der Waals surface area (Å²) in [5.41, 5.74) is -12.4. The third-order valence-corrected chi connectivity index (χ3v) is 13.6. The van der Waals surface area contributed by atoms with Gasteiger partial charge in [-0.2, -0.15) is 79.0 Å². The van der Waals surface area contributed by atoms with Crippen LogP contribution in [0.5, 0.6) is 0 Å². The minimum atomic E-state index is -6.33. The Morgan fingerprint density at radius 3 is 0.862 bits per heavy atom. The maximum Gasteiger partial charge on any atom is 0.380 e. The van der Waals surface area contributed by atoms with Crippen LogP contribution in [0.4, 0.5) is 79.0 Å². The van der Waals surface area contributed by atoms with Gasteiger partial charge in [0.05, 0.1) is 0 Å². The Morgan fingerprint density at radius 1 is 0.215 bits per heavy atom. The van der Waals surface area contributed by atoms with Crippen molar-refractivity contribution in [2.24, 2.45) is 0 Å². The van der Waals surface area contributed by atoms with Crippen molar-refractivity contribution < 1.29 is 79.0 Å². The second-order valence-electron chi connectivity index (χ2n) is 16.7. The molecule has 0 amide bonds. The molecule has 9 aromatic rings. The molecule has 0 heterocycles. The van der Waals surface area contributed by atoms with E-state index in [2.05, 4.69) is 0 Å². The molecule has 0 aromatic heterocycles. The van der Waals surface area contributed by atoms with Gasteiger partial charge in [-0.1, -0.05) is 84.9 Å². The highest BCUT2D eigenvalue weighted by Gasteiger charge is 2.82. The second-order valence-corrected chi connectivity index (χ2v) is 16.7. The Balaban J connectivity index is 1.46. The Labute approximate surface area is 348 Å². The van der Waals surface area contributed by atoms with Gasteiger partial charge < -0.3 is 0 Å². The molecule has 0 aliphatic heterocycles. The highest BCUT2D eigenvalue weighted by atomic mass is 19.4. The lowest BCUT2D eigenvalue weighted by Gasteiger charge is -2.24. The van der Waals surface area contributed by atoms with Crippen molar-refractivity contribution in [1.82, 2.24) is 0 Å². The monoisotopic (exact) mass is 922 g/mol. The van der Waals surface area contributed by atoms with Gasteiger partial charge in [0.1, 0.15) is 0 Å². The molecule has 0 unspecified atom stereocenters. The van der Waals surface area contributed by atoms with E-state index in [-0.39, 0.29) is 27.6 Å². The number of rotatable bonds is 0. The van der Waals surface area contributed by atoms with E-state index >= 15 is 79.0 Å². The molecule has 0 radical (unpaired) electrons. The largest absolute Gasteiger partial charge is 0.380 e. The Bertz CT molecular complexity index is 3750. The topological polar surface area (TPSA) is 0 Å². The summed E-state index contributed by atoms with van der Waals surface area (Å²) in [5, 5.41) is -13.2. The zero-order chi connectivity index (χ0) is 46.5. The zero-order valence-corrected chi connectivity index (χ0v) is 31.5. The molecule has 0 nitrogen and oxygen atoms in total. The quantitative estimate of drug-likeness (QED) is 0.0808. The van der Waals surface area contributed by atoms with Crippen molar-refractivity contribution in [2.45, 2.75) is 53.3 Å². The molecule has 0 bridgehead atoms. The summed E-state index contributed by atoms with van der Waals surface area (Å²) in [6.07, 6.45) is 0. The van der Waals surface area contributed by atoms with Crippen molar-refractivity contribution in [3.63, 3.8) is 0 Å². The van der Waals surface area contributed by atoms with Crippen molar-refractivity contribution in [3.8, 4) is 0 Å². The first-order valence-corrected chi connectivity index (χ1v) is 19.2. The van der Waals surface area contributed by atoms with E-state index in [1.165, 1.54) is 42.5 Å². The zero-order valence-electron chi connectivity index (χ0n) is 31.5. The van der Waals surface area contributed by atoms with E-state index in [9.17, 15) is 0 Å². The van der Waals surface area contributed by atoms with Crippen LogP contribution in [0, 0.1) is 0 Å². The van der Waals surface area contributed by atoms with E-state index in [1.54, 1.807) is 0 Å². The van der Waals surface area contributed by atoms with Gasteiger partial charge in [0, 0.05) is 33.4 Å². The summed E-state index contributed by atoms with van der Waals surface area (Å²) in [6.45, 7) is 0. The van der Waals surface area contributed by atoms with Crippen LogP contribution in [0.15, 0.2) is 97.1 Å². The van der Waals surface area contributed by atoms with Crippen LogP contribution < -0.4 is 0 Å². The number of benzene rings is 9. The van der Waals surface area contributed by atoms with Gasteiger partial charge in [0.15, 0.2) is 0 Å². The Hall–Kier alpha value is -6.20. The molecule has 0 fully saturated rings. The number of alkyl halides is 18. The highest BCUT2D eigenvalue weighted by Crippen LogP contribution is 2.71. The summed E-state index contributed by atoms with van der Waals surface area (Å²) in [4.78, 5) is 0. The molecule has 12 rings (SSSR count). The third-order valence-electron chi connectivity index (χ3n) is 13.6. The molecule has 0 atom stereocenters. The van der Waals surface area contributed by atoms with E-state index in [0.29, 0.717) is 24.3 Å². The number of fused-ring (bicyclic) bond motifs is 23. The first kappa shape index (κ1) is 40.3. The van der Waals surface area contributed by atoms with Crippen LogP contribution in [0.1, 0.15) is 33.4 Å². The third kappa shape index (κ3) is 3.97. The lowest BCUT2D eigenvalue weighted by atomic mass is 9.81. The van der Waals surface area contributed by atoms with Crippen LogP contribution in [-0.2, 0) is 35.5 Å². The maximum atomic E-state index is 16.4. The summed E-state index contributed by atoms with van der Waals surface area (Å²) in [5.74, 6) is -53.6.